The first-order valence-electron chi connectivity index (χ1n) is 6.38. The molecule has 110 valence electrons. The minimum atomic E-state index is -0.801. The molecule has 0 saturated heterocycles. The van der Waals surface area contributed by atoms with Gasteiger partial charge in [-0.15, -0.1) is 11.8 Å². The van der Waals surface area contributed by atoms with E-state index in [1.54, 1.807) is 6.07 Å². The Labute approximate surface area is 126 Å². The fourth-order valence-corrected chi connectivity index (χ4v) is 2.66. The molecule has 1 atom stereocenters. The van der Waals surface area contributed by atoms with Gasteiger partial charge in [0.1, 0.15) is 0 Å². The van der Waals surface area contributed by atoms with Gasteiger partial charge in [-0.05, 0) is 36.2 Å². The number of benzene rings is 2. The third kappa shape index (κ3) is 4.03. The van der Waals surface area contributed by atoms with Gasteiger partial charge in [-0.1, -0.05) is 18.2 Å². The molecule has 0 aromatic heterocycles. The second kappa shape index (κ2) is 6.69. The molecular formula is C15H15FN2O2S. The molecule has 0 aliphatic carbocycles. The van der Waals surface area contributed by atoms with Gasteiger partial charge < -0.3 is 5.73 Å². The lowest BCUT2D eigenvalue weighted by atomic mass is 10.1. The summed E-state index contributed by atoms with van der Waals surface area (Å²) in [5.74, 6) is -0.252. The molecule has 4 nitrogen and oxygen atoms in total. The van der Waals surface area contributed by atoms with Crippen LogP contribution in [0.3, 0.4) is 0 Å². The molecule has 0 saturated carbocycles. The second-order valence-corrected chi connectivity index (χ2v) is 5.74. The summed E-state index contributed by atoms with van der Waals surface area (Å²) in [5, 5.41) is 10.5. The van der Waals surface area contributed by atoms with Gasteiger partial charge in [-0.2, -0.15) is 4.39 Å². The van der Waals surface area contributed by atoms with E-state index in [9.17, 15) is 14.5 Å². The van der Waals surface area contributed by atoms with E-state index in [1.807, 2.05) is 31.2 Å². The molecule has 0 amide bonds. The van der Waals surface area contributed by atoms with E-state index in [-0.39, 0.29) is 6.04 Å². The van der Waals surface area contributed by atoms with E-state index < -0.39 is 16.4 Å². The van der Waals surface area contributed by atoms with Gasteiger partial charge >= 0.3 is 5.69 Å². The maximum absolute atomic E-state index is 13.5. The first-order chi connectivity index (χ1) is 9.97. The third-order valence-corrected chi connectivity index (χ3v) is 4.10. The predicted molar refractivity (Wildman–Crippen MR) is 81.7 cm³/mol. The molecule has 0 heterocycles. The fraction of sp³-hybridized carbons (Fsp3) is 0.200. The van der Waals surface area contributed by atoms with Crippen LogP contribution in [0.5, 0.6) is 0 Å². The van der Waals surface area contributed by atoms with Crippen LogP contribution in [0.2, 0.25) is 0 Å². The van der Waals surface area contributed by atoms with Crippen molar-refractivity contribution in [2.24, 2.45) is 5.73 Å². The summed E-state index contributed by atoms with van der Waals surface area (Å²) >= 11 is 1.54. The molecular weight excluding hydrogens is 291 g/mol. The maximum atomic E-state index is 13.5. The number of hydrogen-bond donors (Lipinski definition) is 1. The highest BCUT2D eigenvalue weighted by Crippen LogP contribution is 2.26. The number of nitrogens with two attached hydrogens (primary N) is 1. The highest BCUT2D eigenvalue weighted by atomic mass is 32.2. The molecule has 0 aliphatic heterocycles. The molecule has 2 aromatic rings. The van der Waals surface area contributed by atoms with Gasteiger partial charge in [0.25, 0.3) is 0 Å². The molecule has 2 rings (SSSR count). The molecule has 0 radical (unpaired) electrons. The van der Waals surface area contributed by atoms with E-state index in [4.69, 9.17) is 5.73 Å². The Balaban J connectivity index is 2.03. The van der Waals surface area contributed by atoms with Crippen molar-refractivity contribution < 1.29 is 9.31 Å². The number of thioether (sulfide) groups is 1. The zero-order valence-electron chi connectivity index (χ0n) is 11.5. The van der Waals surface area contributed by atoms with Crippen LogP contribution in [0.1, 0.15) is 24.1 Å². The topological polar surface area (TPSA) is 69.2 Å². The van der Waals surface area contributed by atoms with Crippen molar-refractivity contribution in [3.8, 4) is 0 Å². The number of nitro benzene ring substituents is 1. The summed E-state index contributed by atoms with van der Waals surface area (Å²) in [4.78, 5) is 10.9. The van der Waals surface area contributed by atoms with Crippen molar-refractivity contribution in [2.75, 3.05) is 0 Å². The average molecular weight is 306 g/mol. The molecule has 2 N–H and O–H groups in total. The summed E-state index contributed by atoms with van der Waals surface area (Å²) in [6.07, 6.45) is 0. The molecule has 0 bridgehead atoms. The number of nitrogens with zero attached hydrogens (tertiary/aromatic N) is 1. The standard InChI is InChI=1S/C15H15FN2O2S/c1-10(17)12-3-5-13(6-4-12)21-9-11-2-7-15(18(19)20)14(16)8-11/h2-8,10H,9,17H2,1H3. The summed E-state index contributed by atoms with van der Waals surface area (Å²) in [7, 11) is 0. The number of rotatable bonds is 5. The summed E-state index contributed by atoms with van der Waals surface area (Å²) in [5.41, 5.74) is 7.05. The lowest BCUT2D eigenvalue weighted by Crippen LogP contribution is -2.04. The average Bonchev–Trinajstić information content (AvgIpc) is 2.45. The van der Waals surface area contributed by atoms with Crippen molar-refractivity contribution >= 4 is 17.4 Å². The normalized spacial score (nSPS) is 12.1. The van der Waals surface area contributed by atoms with Gasteiger partial charge in [0.2, 0.25) is 5.82 Å². The fourth-order valence-electron chi connectivity index (χ4n) is 1.82. The molecule has 0 spiro atoms. The Kier molecular flexibility index (Phi) is 4.93. The summed E-state index contributed by atoms with van der Waals surface area (Å²) < 4.78 is 13.5. The van der Waals surface area contributed by atoms with E-state index >= 15 is 0 Å². The molecule has 21 heavy (non-hydrogen) atoms. The van der Waals surface area contributed by atoms with Crippen LogP contribution in [0, 0.1) is 15.9 Å². The SMILES string of the molecule is CC(N)c1ccc(SCc2ccc([N+](=O)[O-])c(F)c2)cc1. The van der Waals surface area contributed by atoms with Gasteiger partial charge in [-0.25, -0.2) is 0 Å². The second-order valence-electron chi connectivity index (χ2n) is 4.69. The zero-order valence-corrected chi connectivity index (χ0v) is 12.3. The lowest BCUT2D eigenvalue weighted by molar-refractivity contribution is -0.387. The molecule has 0 aliphatic rings. The van der Waals surface area contributed by atoms with Gasteiger partial charge in [0.15, 0.2) is 0 Å². The van der Waals surface area contributed by atoms with E-state index in [2.05, 4.69) is 0 Å². The quantitative estimate of drug-likeness (QED) is 0.514. The minimum absolute atomic E-state index is 0.00665. The zero-order chi connectivity index (χ0) is 15.4. The summed E-state index contributed by atoms with van der Waals surface area (Å²) in [6.45, 7) is 1.92. The smallest absolute Gasteiger partial charge is 0.304 e. The van der Waals surface area contributed by atoms with Crippen molar-refractivity contribution in [3.63, 3.8) is 0 Å². The Morgan fingerprint density at radius 3 is 2.48 bits per heavy atom. The van der Waals surface area contributed by atoms with Gasteiger partial charge in [0.05, 0.1) is 4.92 Å². The Bertz CT molecular complexity index is 645. The third-order valence-electron chi connectivity index (χ3n) is 3.02. The maximum Gasteiger partial charge on any atom is 0.304 e. The van der Waals surface area contributed by atoms with Crippen LogP contribution in [-0.4, -0.2) is 4.92 Å². The van der Waals surface area contributed by atoms with Crippen molar-refractivity contribution in [3.05, 3.63) is 69.5 Å². The van der Waals surface area contributed by atoms with Gasteiger partial charge in [0, 0.05) is 22.8 Å². The molecule has 0 fully saturated rings. The van der Waals surface area contributed by atoms with Crippen LogP contribution in [0.15, 0.2) is 47.4 Å². The Morgan fingerprint density at radius 1 is 1.29 bits per heavy atom. The van der Waals surface area contributed by atoms with E-state index in [1.165, 1.54) is 23.9 Å². The molecule has 1 unspecified atom stereocenters. The van der Waals surface area contributed by atoms with Crippen LogP contribution >= 0.6 is 11.8 Å². The van der Waals surface area contributed by atoms with Crippen LogP contribution in [0.25, 0.3) is 0 Å². The van der Waals surface area contributed by atoms with Crippen LogP contribution in [0.4, 0.5) is 10.1 Å². The number of nitro groups is 1. The Morgan fingerprint density at radius 2 is 1.95 bits per heavy atom. The highest BCUT2D eigenvalue weighted by Gasteiger charge is 2.13. The van der Waals surface area contributed by atoms with Crippen LogP contribution in [-0.2, 0) is 5.75 Å². The predicted octanol–water partition coefficient (Wildman–Crippen LogP) is 4.05. The van der Waals surface area contributed by atoms with E-state index in [0.29, 0.717) is 11.3 Å². The molecule has 6 heteroatoms. The first kappa shape index (κ1) is 15.5. The first-order valence-corrected chi connectivity index (χ1v) is 7.37. The molecule has 2 aromatic carbocycles. The van der Waals surface area contributed by atoms with Gasteiger partial charge in [-0.3, -0.25) is 10.1 Å². The minimum Gasteiger partial charge on any atom is -0.324 e. The largest absolute Gasteiger partial charge is 0.324 e. The van der Waals surface area contributed by atoms with E-state index in [0.717, 1.165) is 10.5 Å². The number of halogens is 1. The highest BCUT2D eigenvalue weighted by molar-refractivity contribution is 7.98. The number of hydrogen-bond acceptors (Lipinski definition) is 4. The van der Waals surface area contributed by atoms with Crippen molar-refractivity contribution in [1.29, 1.82) is 0 Å². The Hall–Kier alpha value is -1.92. The monoisotopic (exact) mass is 306 g/mol. The van der Waals surface area contributed by atoms with Crippen LogP contribution < -0.4 is 5.73 Å². The summed E-state index contributed by atoms with van der Waals surface area (Å²) in [6, 6.07) is 11.8. The van der Waals surface area contributed by atoms with Crippen molar-refractivity contribution in [2.45, 2.75) is 23.6 Å². The lowest BCUT2D eigenvalue weighted by Gasteiger charge is -2.07. The van der Waals surface area contributed by atoms with Crippen molar-refractivity contribution in [1.82, 2.24) is 0 Å².